The maximum Gasteiger partial charge on any atom is 0.284 e. The first-order chi connectivity index (χ1) is 7.45. The number of alkyl halides is 1. The molecule has 7 heteroatoms. The molecule has 1 atom stereocenters. The summed E-state index contributed by atoms with van der Waals surface area (Å²) in [4.78, 5) is 10.5. The number of hydrogen-bond acceptors (Lipinski definition) is 3. The van der Waals surface area contributed by atoms with Crippen LogP contribution in [-0.4, -0.2) is 16.1 Å². The summed E-state index contributed by atoms with van der Waals surface area (Å²) in [5.74, 6) is -0.172. The molecule has 1 rings (SSSR count). The van der Waals surface area contributed by atoms with E-state index in [-0.39, 0.29) is 15.4 Å². The molecule has 0 spiro atoms. The van der Waals surface area contributed by atoms with Gasteiger partial charge < -0.3 is 0 Å². The molecule has 0 fully saturated rings. The number of rotatable bonds is 4. The number of benzene rings is 1. The summed E-state index contributed by atoms with van der Waals surface area (Å²) in [6, 6.07) is 2.31. The molecule has 16 heavy (non-hydrogen) atoms. The molecule has 0 bridgehead atoms. The van der Waals surface area contributed by atoms with Crippen molar-refractivity contribution in [2.75, 3.05) is 5.88 Å². The molecule has 3 nitrogen and oxygen atoms in total. The molecule has 0 aliphatic rings. The summed E-state index contributed by atoms with van der Waals surface area (Å²) in [5.41, 5.74) is -0.116. The molecule has 0 aliphatic heterocycles. The van der Waals surface area contributed by atoms with Gasteiger partial charge in [0.05, 0.1) is 14.3 Å². The van der Waals surface area contributed by atoms with Gasteiger partial charge in [0.1, 0.15) is 5.82 Å². The zero-order valence-corrected chi connectivity index (χ0v) is 11.4. The topological polar surface area (TPSA) is 43.1 Å². The van der Waals surface area contributed by atoms with Crippen LogP contribution in [0, 0.1) is 15.9 Å². The highest BCUT2D eigenvalue weighted by molar-refractivity contribution is 9.10. The minimum Gasteiger partial charge on any atom is -0.258 e. The zero-order valence-electron chi connectivity index (χ0n) is 8.25. The molecule has 0 radical (unpaired) electrons. The van der Waals surface area contributed by atoms with Crippen LogP contribution in [0.4, 0.5) is 10.1 Å². The van der Waals surface area contributed by atoms with Crippen molar-refractivity contribution in [1.82, 2.24) is 0 Å². The molecular formula is C9H8BrClFNO2S. The van der Waals surface area contributed by atoms with Crippen LogP contribution in [0.2, 0.25) is 0 Å². The normalized spacial score (nSPS) is 12.5. The van der Waals surface area contributed by atoms with Crippen molar-refractivity contribution in [3.8, 4) is 0 Å². The van der Waals surface area contributed by atoms with Crippen LogP contribution in [0.15, 0.2) is 21.5 Å². The van der Waals surface area contributed by atoms with Gasteiger partial charge in [0.15, 0.2) is 0 Å². The molecule has 1 aromatic carbocycles. The van der Waals surface area contributed by atoms with E-state index in [9.17, 15) is 14.5 Å². The number of thioether (sulfide) groups is 1. The Labute approximate surface area is 110 Å². The monoisotopic (exact) mass is 327 g/mol. The van der Waals surface area contributed by atoms with Crippen molar-refractivity contribution >= 4 is 45.0 Å². The lowest BCUT2D eigenvalue weighted by atomic mass is 10.3. The second kappa shape index (κ2) is 5.84. The third kappa shape index (κ3) is 3.33. The first-order valence-corrected chi connectivity index (χ1v) is 6.52. The molecule has 0 saturated carbocycles. The summed E-state index contributed by atoms with van der Waals surface area (Å²) in [5, 5.41) is 10.8. The summed E-state index contributed by atoms with van der Waals surface area (Å²) in [7, 11) is 0. The molecule has 0 amide bonds. The highest BCUT2D eigenvalue weighted by Gasteiger charge is 2.19. The molecule has 0 N–H and O–H groups in total. The molecule has 1 aromatic rings. The second-order valence-electron chi connectivity index (χ2n) is 3.07. The smallest absolute Gasteiger partial charge is 0.258 e. The van der Waals surface area contributed by atoms with Gasteiger partial charge in [0, 0.05) is 17.2 Å². The van der Waals surface area contributed by atoms with E-state index in [0.717, 1.165) is 6.07 Å². The fourth-order valence-electron chi connectivity index (χ4n) is 1.00. The molecule has 0 heterocycles. The van der Waals surface area contributed by atoms with E-state index in [1.54, 1.807) is 0 Å². The van der Waals surface area contributed by atoms with Crippen molar-refractivity contribution in [1.29, 1.82) is 0 Å². The van der Waals surface area contributed by atoms with Crippen molar-refractivity contribution in [3.05, 3.63) is 32.5 Å². The van der Waals surface area contributed by atoms with Gasteiger partial charge in [-0.3, -0.25) is 10.1 Å². The number of nitro groups is 1. The lowest BCUT2D eigenvalue weighted by molar-refractivity contribution is -0.387. The Bertz CT molecular complexity index is 419. The van der Waals surface area contributed by atoms with Gasteiger partial charge in [-0.2, -0.15) is 0 Å². The van der Waals surface area contributed by atoms with Crippen LogP contribution < -0.4 is 0 Å². The van der Waals surface area contributed by atoms with Crippen LogP contribution in [0.25, 0.3) is 0 Å². The molecule has 0 saturated heterocycles. The van der Waals surface area contributed by atoms with Crippen molar-refractivity contribution < 1.29 is 9.31 Å². The van der Waals surface area contributed by atoms with E-state index in [4.69, 9.17) is 11.6 Å². The van der Waals surface area contributed by atoms with E-state index >= 15 is 0 Å². The predicted octanol–water partition coefficient (Wildman–Crippen LogP) is 4.22. The zero-order chi connectivity index (χ0) is 12.3. The van der Waals surface area contributed by atoms with Gasteiger partial charge in [-0.1, -0.05) is 6.92 Å². The number of nitrogens with zero attached hydrogens (tertiary/aromatic N) is 1. The standard InChI is InChI=1S/C9H8BrClFNO2S/c1-5(4-11)16-9-3-7(12)6(10)2-8(9)13(14)15/h2-3,5H,4H2,1H3. The molecule has 0 aromatic heterocycles. The van der Waals surface area contributed by atoms with Gasteiger partial charge in [-0.15, -0.1) is 23.4 Å². The highest BCUT2D eigenvalue weighted by Crippen LogP contribution is 2.35. The van der Waals surface area contributed by atoms with Crippen LogP contribution in [0.3, 0.4) is 0 Å². The predicted molar refractivity (Wildman–Crippen MR) is 66.8 cm³/mol. The molecule has 1 unspecified atom stereocenters. The minimum absolute atomic E-state index is 0.0130. The number of halogens is 3. The average molecular weight is 329 g/mol. The maximum atomic E-state index is 13.3. The van der Waals surface area contributed by atoms with E-state index in [1.165, 1.54) is 17.8 Å². The van der Waals surface area contributed by atoms with Gasteiger partial charge in [-0.25, -0.2) is 4.39 Å². The van der Waals surface area contributed by atoms with E-state index < -0.39 is 10.7 Å². The fraction of sp³-hybridized carbons (Fsp3) is 0.333. The van der Waals surface area contributed by atoms with E-state index in [1.807, 2.05) is 6.92 Å². The average Bonchev–Trinajstić information content (AvgIpc) is 2.22. The third-order valence-corrected chi connectivity index (χ3v) is 4.15. The lowest BCUT2D eigenvalue weighted by Gasteiger charge is -2.08. The molecular weight excluding hydrogens is 321 g/mol. The van der Waals surface area contributed by atoms with Gasteiger partial charge >= 0.3 is 0 Å². The Morgan fingerprint density at radius 3 is 2.81 bits per heavy atom. The van der Waals surface area contributed by atoms with E-state index in [2.05, 4.69) is 15.9 Å². The van der Waals surface area contributed by atoms with Crippen LogP contribution in [-0.2, 0) is 0 Å². The largest absolute Gasteiger partial charge is 0.284 e. The van der Waals surface area contributed by atoms with E-state index in [0.29, 0.717) is 10.8 Å². The van der Waals surface area contributed by atoms with Gasteiger partial charge in [-0.05, 0) is 22.0 Å². The SMILES string of the molecule is CC(CCl)Sc1cc(F)c(Br)cc1[N+](=O)[O-]. The molecule has 0 aliphatic carbocycles. The van der Waals surface area contributed by atoms with Crippen LogP contribution in [0.5, 0.6) is 0 Å². The van der Waals surface area contributed by atoms with Crippen LogP contribution >= 0.6 is 39.3 Å². The van der Waals surface area contributed by atoms with Gasteiger partial charge in [0.2, 0.25) is 0 Å². The number of nitro benzene ring substituents is 1. The first-order valence-electron chi connectivity index (χ1n) is 4.31. The van der Waals surface area contributed by atoms with Crippen molar-refractivity contribution in [3.63, 3.8) is 0 Å². The van der Waals surface area contributed by atoms with Gasteiger partial charge in [0.25, 0.3) is 5.69 Å². The Morgan fingerprint density at radius 1 is 1.69 bits per heavy atom. The van der Waals surface area contributed by atoms with Crippen molar-refractivity contribution in [2.24, 2.45) is 0 Å². The summed E-state index contributed by atoms with van der Waals surface area (Å²) >= 11 is 9.72. The highest BCUT2D eigenvalue weighted by atomic mass is 79.9. The quantitative estimate of drug-likeness (QED) is 0.360. The third-order valence-electron chi connectivity index (χ3n) is 1.74. The Balaban J connectivity index is 3.14. The number of hydrogen-bond donors (Lipinski definition) is 0. The Hall–Kier alpha value is -0.330. The Kier molecular flexibility index (Phi) is 5.01. The summed E-state index contributed by atoms with van der Waals surface area (Å²) in [6.07, 6.45) is 0. The Morgan fingerprint density at radius 2 is 2.31 bits per heavy atom. The summed E-state index contributed by atoms with van der Waals surface area (Å²) in [6.45, 7) is 1.82. The van der Waals surface area contributed by atoms with Crippen molar-refractivity contribution in [2.45, 2.75) is 17.1 Å². The molecule has 88 valence electrons. The fourth-order valence-corrected chi connectivity index (χ4v) is 2.45. The maximum absolute atomic E-state index is 13.3. The minimum atomic E-state index is -0.534. The first kappa shape index (κ1) is 13.7. The lowest BCUT2D eigenvalue weighted by Crippen LogP contribution is -2.00. The summed E-state index contributed by atoms with van der Waals surface area (Å²) < 4.78 is 13.3. The van der Waals surface area contributed by atoms with Crippen LogP contribution in [0.1, 0.15) is 6.92 Å². The second-order valence-corrected chi connectivity index (χ2v) is 5.72.